The SMILES string of the molecule is O=C(Nc1nc(CC(=O)N2CCCC2CCc2ccccc2)cs1)c1ccco1. The third-order valence-electron chi connectivity index (χ3n) is 5.16. The second-order valence-electron chi connectivity index (χ2n) is 7.16. The number of carbonyl (C=O) groups excluding carboxylic acids is 2. The molecule has 3 aromatic rings. The third kappa shape index (κ3) is 4.92. The first-order valence-corrected chi connectivity index (χ1v) is 10.7. The highest BCUT2D eigenvalue weighted by Crippen LogP contribution is 2.24. The second-order valence-corrected chi connectivity index (χ2v) is 8.02. The number of thiazole rings is 1. The Morgan fingerprint density at radius 1 is 1.21 bits per heavy atom. The molecule has 1 atom stereocenters. The van der Waals surface area contributed by atoms with Crippen LogP contribution in [0.5, 0.6) is 0 Å². The van der Waals surface area contributed by atoms with Crippen LogP contribution in [0.15, 0.2) is 58.5 Å². The fraction of sp³-hybridized carbons (Fsp3) is 0.318. The Kier molecular flexibility index (Phi) is 6.05. The highest BCUT2D eigenvalue weighted by atomic mass is 32.1. The maximum absolute atomic E-state index is 12.8. The van der Waals surface area contributed by atoms with Gasteiger partial charge < -0.3 is 9.32 Å². The van der Waals surface area contributed by atoms with Gasteiger partial charge >= 0.3 is 0 Å². The first kappa shape index (κ1) is 19.4. The van der Waals surface area contributed by atoms with E-state index in [2.05, 4.69) is 34.6 Å². The van der Waals surface area contributed by atoms with Gasteiger partial charge in [-0.3, -0.25) is 14.9 Å². The molecule has 2 aromatic heterocycles. The van der Waals surface area contributed by atoms with Crippen LogP contribution in [0.25, 0.3) is 0 Å². The summed E-state index contributed by atoms with van der Waals surface area (Å²) in [6.45, 7) is 0.810. The first-order valence-electron chi connectivity index (χ1n) is 9.82. The maximum Gasteiger partial charge on any atom is 0.293 e. The molecular weight excluding hydrogens is 386 g/mol. The highest BCUT2D eigenvalue weighted by molar-refractivity contribution is 7.14. The number of anilines is 1. The van der Waals surface area contributed by atoms with Gasteiger partial charge in [-0.2, -0.15) is 0 Å². The topological polar surface area (TPSA) is 75.4 Å². The minimum atomic E-state index is -0.345. The largest absolute Gasteiger partial charge is 0.459 e. The van der Waals surface area contributed by atoms with Crippen LogP contribution >= 0.6 is 11.3 Å². The molecule has 1 aliphatic heterocycles. The lowest BCUT2D eigenvalue weighted by atomic mass is 10.0. The molecule has 0 saturated carbocycles. The number of furan rings is 1. The van der Waals surface area contributed by atoms with Gasteiger partial charge in [0.15, 0.2) is 10.9 Å². The molecule has 1 N–H and O–H groups in total. The minimum Gasteiger partial charge on any atom is -0.459 e. The predicted molar refractivity (Wildman–Crippen MR) is 112 cm³/mol. The van der Waals surface area contributed by atoms with Crippen molar-refractivity contribution < 1.29 is 14.0 Å². The van der Waals surface area contributed by atoms with Crippen molar-refractivity contribution in [2.45, 2.75) is 38.1 Å². The molecule has 1 unspecified atom stereocenters. The summed E-state index contributed by atoms with van der Waals surface area (Å²) in [5, 5.41) is 5.00. The summed E-state index contributed by atoms with van der Waals surface area (Å²) in [4.78, 5) is 31.3. The number of nitrogens with one attached hydrogen (secondary N) is 1. The summed E-state index contributed by atoms with van der Waals surface area (Å²) in [5.41, 5.74) is 1.99. The summed E-state index contributed by atoms with van der Waals surface area (Å²) in [7, 11) is 0. The number of aryl methyl sites for hydroxylation is 1. The van der Waals surface area contributed by atoms with Crippen molar-refractivity contribution in [3.05, 3.63) is 71.1 Å². The van der Waals surface area contributed by atoms with Crippen LogP contribution in [0.2, 0.25) is 0 Å². The number of nitrogens with zero attached hydrogens (tertiary/aromatic N) is 2. The fourth-order valence-electron chi connectivity index (χ4n) is 3.71. The number of benzene rings is 1. The number of carbonyl (C=O) groups is 2. The van der Waals surface area contributed by atoms with Gasteiger partial charge in [0.25, 0.3) is 5.91 Å². The van der Waals surface area contributed by atoms with E-state index in [9.17, 15) is 9.59 Å². The van der Waals surface area contributed by atoms with E-state index >= 15 is 0 Å². The zero-order valence-electron chi connectivity index (χ0n) is 16.0. The zero-order valence-corrected chi connectivity index (χ0v) is 16.9. The van der Waals surface area contributed by atoms with Crippen LogP contribution in [0.4, 0.5) is 5.13 Å². The van der Waals surface area contributed by atoms with Gasteiger partial charge in [0, 0.05) is 18.0 Å². The molecule has 3 heterocycles. The molecule has 6 nitrogen and oxygen atoms in total. The van der Waals surface area contributed by atoms with E-state index in [0.717, 1.165) is 32.2 Å². The molecule has 0 radical (unpaired) electrons. The molecule has 1 aliphatic rings. The van der Waals surface area contributed by atoms with E-state index in [1.165, 1.54) is 23.2 Å². The highest BCUT2D eigenvalue weighted by Gasteiger charge is 2.28. The summed E-state index contributed by atoms with van der Waals surface area (Å²) >= 11 is 1.31. The smallest absolute Gasteiger partial charge is 0.293 e. The Labute approximate surface area is 173 Å². The molecule has 7 heteroatoms. The number of aromatic nitrogens is 1. The molecular formula is C22H23N3O3S. The lowest BCUT2D eigenvalue weighted by Gasteiger charge is -2.24. The normalized spacial score (nSPS) is 16.1. The summed E-state index contributed by atoms with van der Waals surface area (Å²) in [5.74, 6) is -0.00586. The Balaban J connectivity index is 1.31. The van der Waals surface area contributed by atoms with Crippen LogP contribution in [0, 0.1) is 0 Å². The van der Waals surface area contributed by atoms with Crippen molar-refractivity contribution in [1.82, 2.24) is 9.88 Å². The van der Waals surface area contributed by atoms with E-state index in [4.69, 9.17) is 4.42 Å². The van der Waals surface area contributed by atoms with Gasteiger partial charge in [-0.25, -0.2) is 4.98 Å². The Morgan fingerprint density at radius 2 is 2.07 bits per heavy atom. The van der Waals surface area contributed by atoms with Crippen molar-refractivity contribution in [2.24, 2.45) is 0 Å². The van der Waals surface area contributed by atoms with Crippen molar-refractivity contribution in [1.29, 1.82) is 0 Å². The van der Waals surface area contributed by atoms with Gasteiger partial charge in [0.05, 0.1) is 18.4 Å². The molecule has 150 valence electrons. The van der Waals surface area contributed by atoms with Gasteiger partial charge in [-0.1, -0.05) is 30.3 Å². The second kappa shape index (κ2) is 9.05. The number of rotatable bonds is 7. The molecule has 0 bridgehead atoms. The summed E-state index contributed by atoms with van der Waals surface area (Å²) < 4.78 is 5.08. The van der Waals surface area contributed by atoms with E-state index < -0.39 is 0 Å². The van der Waals surface area contributed by atoms with Crippen LogP contribution < -0.4 is 5.32 Å². The first-order chi connectivity index (χ1) is 14.2. The number of hydrogen-bond donors (Lipinski definition) is 1. The fourth-order valence-corrected chi connectivity index (χ4v) is 4.42. The molecule has 2 amide bonds. The van der Waals surface area contributed by atoms with Crippen molar-refractivity contribution in [2.75, 3.05) is 11.9 Å². The molecule has 1 saturated heterocycles. The third-order valence-corrected chi connectivity index (χ3v) is 5.96. The van der Waals surface area contributed by atoms with E-state index in [1.54, 1.807) is 12.1 Å². The molecule has 1 fully saturated rings. The van der Waals surface area contributed by atoms with Gasteiger partial charge in [-0.15, -0.1) is 11.3 Å². The summed E-state index contributed by atoms with van der Waals surface area (Å²) in [6, 6.07) is 13.9. The Morgan fingerprint density at radius 3 is 2.86 bits per heavy atom. The van der Waals surface area contributed by atoms with E-state index in [1.807, 2.05) is 16.3 Å². The van der Waals surface area contributed by atoms with Crippen molar-refractivity contribution in [3.63, 3.8) is 0 Å². The van der Waals surface area contributed by atoms with Crippen LogP contribution in [0.1, 0.15) is 41.1 Å². The molecule has 0 aliphatic carbocycles. The quantitative estimate of drug-likeness (QED) is 0.636. The standard InChI is InChI=1S/C22H23N3O3S/c26-20(25-12-4-8-18(25)11-10-16-6-2-1-3-7-16)14-17-15-29-22(23-17)24-21(27)19-9-5-13-28-19/h1-3,5-7,9,13,15,18H,4,8,10-12,14H2,(H,23,24,27). The van der Waals surface area contributed by atoms with E-state index in [0.29, 0.717) is 16.9 Å². The number of hydrogen-bond acceptors (Lipinski definition) is 5. The monoisotopic (exact) mass is 409 g/mol. The van der Waals surface area contributed by atoms with Gasteiger partial charge in [0.1, 0.15) is 0 Å². The number of likely N-dealkylation sites (tertiary alicyclic amines) is 1. The summed E-state index contributed by atoms with van der Waals surface area (Å²) in [6.07, 6.45) is 5.78. The minimum absolute atomic E-state index is 0.106. The lowest BCUT2D eigenvalue weighted by Crippen LogP contribution is -2.36. The Bertz CT molecular complexity index is 953. The van der Waals surface area contributed by atoms with Crippen LogP contribution in [-0.4, -0.2) is 34.3 Å². The maximum atomic E-state index is 12.8. The average Bonchev–Trinajstić information content (AvgIpc) is 3.49. The Hall–Kier alpha value is -2.93. The zero-order chi connectivity index (χ0) is 20.1. The molecule has 1 aromatic carbocycles. The predicted octanol–water partition coefficient (Wildman–Crippen LogP) is 4.15. The van der Waals surface area contributed by atoms with Gasteiger partial charge in [0.2, 0.25) is 5.91 Å². The average molecular weight is 410 g/mol. The van der Waals surface area contributed by atoms with Crippen LogP contribution in [0.3, 0.4) is 0 Å². The van der Waals surface area contributed by atoms with E-state index in [-0.39, 0.29) is 24.0 Å². The van der Waals surface area contributed by atoms with Crippen molar-refractivity contribution >= 4 is 28.3 Å². The van der Waals surface area contributed by atoms with Crippen molar-refractivity contribution in [3.8, 4) is 0 Å². The molecule has 0 spiro atoms. The lowest BCUT2D eigenvalue weighted by molar-refractivity contribution is -0.131. The number of amides is 2. The van der Waals surface area contributed by atoms with Crippen LogP contribution in [-0.2, 0) is 17.6 Å². The van der Waals surface area contributed by atoms with Gasteiger partial charge in [-0.05, 0) is 43.4 Å². The molecule has 4 rings (SSSR count). The molecule has 29 heavy (non-hydrogen) atoms.